The van der Waals surface area contributed by atoms with Crippen molar-refractivity contribution in [1.82, 2.24) is 0 Å². The van der Waals surface area contributed by atoms with Crippen LogP contribution in [-0.2, 0) is 28.6 Å². The molecule has 308 valence electrons. The number of hydrogen-bond acceptors (Lipinski definition) is 6. The van der Waals surface area contributed by atoms with Gasteiger partial charge in [0.05, 0.1) is 0 Å². The van der Waals surface area contributed by atoms with Gasteiger partial charge in [0.1, 0.15) is 13.2 Å². The molecule has 0 heterocycles. The van der Waals surface area contributed by atoms with Crippen molar-refractivity contribution >= 4 is 17.9 Å². The maximum Gasteiger partial charge on any atom is 0.306 e. The number of unbranched alkanes of at least 4 members (excludes halogenated alkanes) is 24. The fraction of sp³-hybridized carbons (Fsp3) is 0.935. The van der Waals surface area contributed by atoms with Crippen molar-refractivity contribution in [1.29, 1.82) is 0 Å². The van der Waals surface area contributed by atoms with E-state index in [4.69, 9.17) is 14.2 Å². The number of rotatable bonds is 40. The van der Waals surface area contributed by atoms with Gasteiger partial charge >= 0.3 is 17.9 Å². The third kappa shape index (κ3) is 38.1. The SMILES string of the molecule is CCCCCCCC(=O)OC[C@H](COC(=O)CCCCCCCCCCCCCCCCC(C)CC)OC(=O)CCCCCCCCCCC(C)C. The van der Waals surface area contributed by atoms with Crippen molar-refractivity contribution in [3.8, 4) is 0 Å². The summed E-state index contributed by atoms with van der Waals surface area (Å²) >= 11 is 0. The van der Waals surface area contributed by atoms with Gasteiger partial charge < -0.3 is 14.2 Å². The summed E-state index contributed by atoms with van der Waals surface area (Å²) in [6, 6.07) is 0. The van der Waals surface area contributed by atoms with Crippen LogP contribution in [0.1, 0.15) is 247 Å². The van der Waals surface area contributed by atoms with Gasteiger partial charge in [-0.15, -0.1) is 0 Å². The van der Waals surface area contributed by atoms with E-state index in [9.17, 15) is 14.4 Å². The molecule has 0 fully saturated rings. The van der Waals surface area contributed by atoms with E-state index in [-0.39, 0.29) is 31.1 Å². The smallest absolute Gasteiger partial charge is 0.306 e. The summed E-state index contributed by atoms with van der Waals surface area (Å²) < 4.78 is 16.6. The molecule has 0 radical (unpaired) electrons. The van der Waals surface area contributed by atoms with Crippen molar-refractivity contribution in [2.45, 2.75) is 253 Å². The summed E-state index contributed by atoms with van der Waals surface area (Å²) in [5, 5.41) is 0. The van der Waals surface area contributed by atoms with Gasteiger partial charge in [-0.3, -0.25) is 14.4 Å². The molecule has 0 amide bonds. The Morgan fingerprint density at radius 2 is 0.731 bits per heavy atom. The van der Waals surface area contributed by atoms with E-state index in [1.807, 2.05) is 0 Å². The summed E-state index contributed by atoms with van der Waals surface area (Å²) in [7, 11) is 0. The quantitative estimate of drug-likeness (QED) is 0.0354. The van der Waals surface area contributed by atoms with Crippen LogP contribution in [0.2, 0.25) is 0 Å². The Morgan fingerprint density at radius 1 is 0.404 bits per heavy atom. The molecule has 0 aliphatic rings. The van der Waals surface area contributed by atoms with Crippen molar-refractivity contribution < 1.29 is 28.6 Å². The fourth-order valence-corrected chi connectivity index (χ4v) is 6.72. The van der Waals surface area contributed by atoms with E-state index >= 15 is 0 Å². The van der Waals surface area contributed by atoms with Crippen LogP contribution in [-0.4, -0.2) is 37.2 Å². The molecule has 6 nitrogen and oxygen atoms in total. The Labute approximate surface area is 323 Å². The highest BCUT2D eigenvalue weighted by atomic mass is 16.6. The monoisotopic (exact) mass is 737 g/mol. The highest BCUT2D eigenvalue weighted by Crippen LogP contribution is 2.17. The minimum absolute atomic E-state index is 0.0661. The lowest BCUT2D eigenvalue weighted by atomic mass is 9.99. The van der Waals surface area contributed by atoms with Crippen molar-refractivity contribution in [3.05, 3.63) is 0 Å². The van der Waals surface area contributed by atoms with Gasteiger partial charge in [0, 0.05) is 19.3 Å². The number of ether oxygens (including phenoxy) is 3. The molecule has 0 aromatic heterocycles. The molecule has 6 heteroatoms. The van der Waals surface area contributed by atoms with Gasteiger partial charge in [0.25, 0.3) is 0 Å². The summed E-state index contributed by atoms with van der Waals surface area (Å²) in [4.78, 5) is 37.4. The second-order valence-corrected chi connectivity index (χ2v) is 16.4. The first-order valence-electron chi connectivity index (χ1n) is 22.8. The predicted octanol–water partition coefficient (Wildman–Crippen LogP) is 14.2. The van der Waals surface area contributed by atoms with Gasteiger partial charge in [0.15, 0.2) is 6.10 Å². The van der Waals surface area contributed by atoms with Crippen LogP contribution in [0.25, 0.3) is 0 Å². The number of carbonyl (C=O) groups excluding carboxylic acids is 3. The first-order chi connectivity index (χ1) is 25.3. The van der Waals surface area contributed by atoms with Crippen LogP contribution in [0.3, 0.4) is 0 Å². The average molecular weight is 737 g/mol. The van der Waals surface area contributed by atoms with Gasteiger partial charge in [0.2, 0.25) is 0 Å². The molecule has 0 aromatic carbocycles. The normalized spacial score (nSPS) is 12.6. The second-order valence-electron chi connectivity index (χ2n) is 16.4. The minimum atomic E-state index is -0.759. The summed E-state index contributed by atoms with van der Waals surface area (Å²) in [6.07, 6.45) is 36.9. The Morgan fingerprint density at radius 3 is 1.10 bits per heavy atom. The lowest BCUT2D eigenvalue weighted by Crippen LogP contribution is -2.30. The molecule has 0 saturated carbocycles. The predicted molar refractivity (Wildman–Crippen MR) is 220 cm³/mol. The number of esters is 3. The van der Waals surface area contributed by atoms with Gasteiger partial charge in [-0.1, -0.05) is 208 Å². The van der Waals surface area contributed by atoms with Crippen molar-refractivity contribution in [2.24, 2.45) is 11.8 Å². The van der Waals surface area contributed by atoms with Crippen LogP contribution in [0.15, 0.2) is 0 Å². The number of carbonyl (C=O) groups is 3. The fourth-order valence-electron chi connectivity index (χ4n) is 6.72. The maximum absolute atomic E-state index is 12.6. The van der Waals surface area contributed by atoms with Crippen molar-refractivity contribution in [3.63, 3.8) is 0 Å². The van der Waals surface area contributed by atoms with E-state index in [1.165, 1.54) is 128 Å². The molecule has 0 saturated heterocycles. The second kappa shape index (κ2) is 39.1. The zero-order valence-electron chi connectivity index (χ0n) is 35.4. The largest absolute Gasteiger partial charge is 0.462 e. The van der Waals surface area contributed by atoms with Crippen LogP contribution in [0.5, 0.6) is 0 Å². The highest BCUT2D eigenvalue weighted by Gasteiger charge is 2.19. The molecule has 0 aromatic rings. The van der Waals surface area contributed by atoms with Gasteiger partial charge in [-0.2, -0.15) is 0 Å². The zero-order chi connectivity index (χ0) is 38.3. The molecule has 0 aliphatic carbocycles. The molecule has 0 N–H and O–H groups in total. The molecule has 0 bridgehead atoms. The van der Waals surface area contributed by atoms with E-state index in [1.54, 1.807) is 0 Å². The summed E-state index contributed by atoms with van der Waals surface area (Å²) in [5.41, 5.74) is 0. The minimum Gasteiger partial charge on any atom is -0.462 e. The first kappa shape index (κ1) is 50.4. The summed E-state index contributed by atoms with van der Waals surface area (Å²) in [5.74, 6) is 0.816. The molecule has 2 atom stereocenters. The highest BCUT2D eigenvalue weighted by molar-refractivity contribution is 5.71. The standard InChI is InChI=1S/C46H88O6/c1-6-8-9-24-31-36-44(47)50-39-43(52-46(49)38-33-28-23-19-18-20-25-29-34-41(3)4)40-51-45(48)37-32-27-22-17-15-13-11-10-12-14-16-21-26-30-35-42(5)7-2/h41-43H,6-40H2,1-5H3/t42?,43-/m1/s1. The molecule has 0 rings (SSSR count). The first-order valence-corrected chi connectivity index (χ1v) is 22.8. The Bertz CT molecular complexity index is 796. The van der Waals surface area contributed by atoms with Crippen LogP contribution < -0.4 is 0 Å². The van der Waals surface area contributed by atoms with Gasteiger partial charge in [-0.25, -0.2) is 0 Å². The lowest BCUT2D eigenvalue weighted by molar-refractivity contribution is -0.167. The Balaban J connectivity index is 4.14. The van der Waals surface area contributed by atoms with E-state index < -0.39 is 6.10 Å². The molecular formula is C46H88O6. The third-order valence-electron chi connectivity index (χ3n) is 10.6. The Hall–Kier alpha value is -1.59. The Kier molecular flexibility index (Phi) is 37.9. The van der Waals surface area contributed by atoms with E-state index in [2.05, 4.69) is 34.6 Å². The maximum atomic E-state index is 12.6. The summed E-state index contributed by atoms with van der Waals surface area (Å²) in [6.45, 7) is 11.3. The molecule has 1 unspecified atom stereocenters. The van der Waals surface area contributed by atoms with Crippen LogP contribution in [0, 0.1) is 11.8 Å². The molecule has 0 aliphatic heterocycles. The van der Waals surface area contributed by atoms with Crippen molar-refractivity contribution in [2.75, 3.05) is 13.2 Å². The third-order valence-corrected chi connectivity index (χ3v) is 10.6. The van der Waals surface area contributed by atoms with E-state index in [0.717, 1.165) is 76.0 Å². The average Bonchev–Trinajstić information content (AvgIpc) is 3.12. The molecular weight excluding hydrogens is 649 g/mol. The van der Waals surface area contributed by atoms with Gasteiger partial charge in [-0.05, 0) is 31.1 Å². The lowest BCUT2D eigenvalue weighted by Gasteiger charge is -2.18. The molecule has 0 spiro atoms. The number of hydrogen-bond donors (Lipinski definition) is 0. The van der Waals surface area contributed by atoms with Crippen LogP contribution >= 0.6 is 0 Å². The zero-order valence-corrected chi connectivity index (χ0v) is 35.4. The van der Waals surface area contributed by atoms with E-state index in [0.29, 0.717) is 19.3 Å². The topological polar surface area (TPSA) is 78.9 Å². The van der Waals surface area contributed by atoms with Crippen LogP contribution in [0.4, 0.5) is 0 Å². The molecule has 52 heavy (non-hydrogen) atoms.